The van der Waals surface area contributed by atoms with Crippen molar-refractivity contribution in [3.05, 3.63) is 36.2 Å². The fraction of sp³-hybridized carbons (Fsp3) is 0.333. The summed E-state index contributed by atoms with van der Waals surface area (Å²) in [5.74, 6) is 0.153. The fourth-order valence-electron chi connectivity index (χ4n) is 1.64. The van der Waals surface area contributed by atoms with Crippen molar-refractivity contribution < 1.29 is 0 Å². The largest absolute Gasteiger partial charge is 0.309 e. The van der Waals surface area contributed by atoms with Gasteiger partial charge in [0.1, 0.15) is 12.4 Å². The van der Waals surface area contributed by atoms with Crippen molar-refractivity contribution in [2.24, 2.45) is 0 Å². The molecule has 0 aromatic carbocycles. The van der Waals surface area contributed by atoms with Gasteiger partial charge in [0.15, 0.2) is 0 Å². The number of hydrogen-bond acceptors (Lipinski definition) is 5. The Morgan fingerprint density at radius 3 is 2.83 bits per heavy atom. The monoisotopic (exact) mass is 242 g/mol. The molecule has 0 saturated carbocycles. The summed E-state index contributed by atoms with van der Waals surface area (Å²) in [4.78, 5) is 8.22. The highest BCUT2D eigenvalue weighted by Crippen LogP contribution is 2.11. The molecule has 0 radical (unpaired) electrons. The van der Waals surface area contributed by atoms with Gasteiger partial charge in [0, 0.05) is 6.04 Å². The molecule has 1 N–H and O–H groups in total. The van der Waals surface area contributed by atoms with E-state index in [-0.39, 0.29) is 11.9 Å². The van der Waals surface area contributed by atoms with Crippen molar-refractivity contribution in [1.29, 1.82) is 5.26 Å². The maximum absolute atomic E-state index is 8.66. The first-order valence-electron chi connectivity index (χ1n) is 5.76. The smallest absolute Gasteiger partial charge is 0.252 e. The lowest BCUT2D eigenvalue weighted by Crippen LogP contribution is -2.18. The Hall–Kier alpha value is -2.26. The summed E-state index contributed by atoms with van der Waals surface area (Å²) in [6, 6.07) is 5.96. The first-order valence-corrected chi connectivity index (χ1v) is 5.76. The molecule has 6 heteroatoms. The Kier molecular flexibility index (Phi) is 3.65. The molecule has 0 spiro atoms. The van der Waals surface area contributed by atoms with Crippen LogP contribution >= 0.6 is 0 Å². The molecule has 2 heterocycles. The molecule has 1 unspecified atom stereocenters. The van der Waals surface area contributed by atoms with E-state index in [0.717, 1.165) is 17.9 Å². The lowest BCUT2D eigenvalue weighted by Gasteiger charge is -2.11. The van der Waals surface area contributed by atoms with E-state index in [2.05, 4.69) is 34.2 Å². The van der Waals surface area contributed by atoms with Crippen molar-refractivity contribution in [1.82, 2.24) is 25.1 Å². The van der Waals surface area contributed by atoms with Crippen molar-refractivity contribution in [2.75, 3.05) is 6.54 Å². The molecular weight excluding hydrogens is 228 g/mol. The molecule has 0 fully saturated rings. The Bertz CT molecular complexity index is 551. The van der Waals surface area contributed by atoms with E-state index in [1.165, 1.54) is 11.0 Å². The van der Waals surface area contributed by atoms with E-state index in [9.17, 15) is 0 Å². The molecule has 0 bridgehead atoms. The quantitative estimate of drug-likeness (QED) is 0.871. The van der Waals surface area contributed by atoms with Crippen molar-refractivity contribution in [3.63, 3.8) is 0 Å². The minimum absolute atomic E-state index is 0.153. The Morgan fingerprint density at radius 1 is 1.44 bits per heavy atom. The maximum Gasteiger partial charge on any atom is 0.252 e. The lowest BCUT2D eigenvalue weighted by atomic mass is 10.2. The van der Waals surface area contributed by atoms with Gasteiger partial charge < -0.3 is 5.32 Å². The summed E-state index contributed by atoms with van der Waals surface area (Å²) in [5, 5.41) is 16.0. The van der Waals surface area contributed by atoms with Crippen LogP contribution in [0.5, 0.6) is 0 Å². The summed E-state index contributed by atoms with van der Waals surface area (Å²) >= 11 is 0. The van der Waals surface area contributed by atoms with Crippen LogP contribution in [0.4, 0.5) is 0 Å². The van der Waals surface area contributed by atoms with Gasteiger partial charge in [0.25, 0.3) is 5.82 Å². The van der Waals surface area contributed by atoms with Crippen LogP contribution in [0.25, 0.3) is 5.69 Å². The second-order valence-corrected chi connectivity index (χ2v) is 3.85. The minimum Gasteiger partial charge on any atom is -0.309 e. The molecule has 0 aliphatic rings. The summed E-state index contributed by atoms with van der Waals surface area (Å²) < 4.78 is 1.53. The molecule has 0 aliphatic heterocycles. The van der Waals surface area contributed by atoms with E-state index in [0.29, 0.717) is 0 Å². The zero-order chi connectivity index (χ0) is 13.0. The van der Waals surface area contributed by atoms with Crippen molar-refractivity contribution in [2.45, 2.75) is 19.9 Å². The van der Waals surface area contributed by atoms with E-state index in [4.69, 9.17) is 5.26 Å². The third-order valence-corrected chi connectivity index (χ3v) is 2.58. The molecule has 92 valence electrons. The Labute approximate surface area is 105 Å². The highest BCUT2D eigenvalue weighted by atomic mass is 15.3. The molecule has 0 aliphatic carbocycles. The van der Waals surface area contributed by atoms with Crippen LogP contribution in [0.2, 0.25) is 0 Å². The topological polar surface area (TPSA) is 79.4 Å². The molecule has 0 saturated heterocycles. The molecule has 2 aromatic rings. The summed E-state index contributed by atoms with van der Waals surface area (Å²) in [7, 11) is 0. The molecule has 18 heavy (non-hydrogen) atoms. The number of hydrogen-bond donors (Lipinski definition) is 1. The zero-order valence-corrected chi connectivity index (χ0v) is 10.3. The fourth-order valence-corrected chi connectivity index (χ4v) is 1.64. The normalized spacial score (nSPS) is 12.1. The van der Waals surface area contributed by atoms with Gasteiger partial charge in [-0.15, -0.1) is 5.10 Å². The third kappa shape index (κ3) is 2.52. The molecule has 0 amide bonds. The molecule has 6 nitrogen and oxygen atoms in total. The molecule has 2 rings (SSSR count). The van der Waals surface area contributed by atoms with Gasteiger partial charge in [-0.25, -0.2) is 9.67 Å². The number of nitrogens with one attached hydrogen (secondary N) is 1. The zero-order valence-electron chi connectivity index (χ0n) is 10.3. The van der Waals surface area contributed by atoms with Crippen LogP contribution < -0.4 is 5.32 Å². The van der Waals surface area contributed by atoms with Gasteiger partial charge in [0.2, 0.25) is 0 Å². The number of pyridine rings is 1. The number of rotatable bonds is 4. The predicted molar refractivity (Wildman–Crippen MR) is 66.0 cm³/mol. The van der Waals surface area contributed by atoms with Gasteiger partial charge in [-0.3, -0.25) is 4.98 Å². The van der Waals surface area contributed by atoms with Crippen LogP contribution in [-0.2, 0) is 0 Å². The first kappa shape index (κ1) is 12.2. The van der Waals surface area contributed by atoms with Gasteiger partial charge in [-0.05, 0) is 25.6 Å². The summed E-state index contributed by atoms with van der Waals surface area (Å²) in [6.45, 7) is 5.03. The first-order chi connectivity index (χ1) is 8.74. The number of nitrogens with zero attached hydrogens (tertiary/aromatic N) is 5. The van der Waals surface area contributed by atoms with Gasteiger partial charge in [0.05, 0.1) is 17.6 Å². The highest BCUT2D eigenvalue weighted by Gasteiger charge is 2.06. The van der Waals surface area contributed by atoms with Crippen LogP contribution in [-0.4, -0.2) is 26.3 Å². The number of aromatic nitrogens is 4. The maximum atomic E-state index is 8.66. The van der Waals surface area contributed by atoms with Crippen molar-refractivity contribution in [3.8, 4) is 11.8 Å². The Balaban J connectivity index is 2.19. The standard InChI is InChI=1S/C12H14N6/c1-3-14-9(2)11-5-4-10(7-15-11)18-8-16-12(6-13)17-18/h4-5,7-9,14H,3H2,1-2H3. The van der Waals surface area contributed by atoms with Gasteiger partial charge >= 0.3 is 0 Å². The highest BCUT2D eigenvalue weighted by molar-refractivity contribution is 5.29. The van der Waals surface area contributed by atoms with Crippen LogP contribution in [0.1, 0.15) is 31.4 Å². The SMILES string of the molecule is CCNC(C)c1ccc(-n2cnc(C#N)n2)cn1. The van der Waals surface area contributed by atoms with Crippen LogP contribution in [0.15, 0.2) is 24.7 Å². The summed E-state index contributed by atoms with van der Waals surface area (Å²) in [6.07, 6.45) is 3.22. The molecule has 1 atom stereocenters. The van der Waals surface area contributed by atoms with Crippen molar-refractivity contribution >= 4 is 0 Å². The van der Waals surface area contributed by atoms with E-state index < -0.39 is 0 Å². The van der Waals surface area contributed by atoms with Crippen LogP contribution in [0.3, 0.4) is 0 Å². The van der Waals surface area contributed by atoms with Gasteiger partial charge in [-0.1, -0.05) is 6.92 Å². The van der Waals surface area contributed by atoms with E-state index in [1.54, 1.807) is 6.20 Å². The lowest BCUT2D eigenvalue weighted by molar-refractivity contribution is 0.583. The molecule has 2 aromatic heterocycles. The number of nitriles is 1. The second-order valence-electron chi connectivity index (χ2n) is 3.85. The second kappa shape index (κ2) is 5.38. The van der Waals surface area contributed by atoms with E-state index in [1.807, 2.05) is 18.2 Å². The average molecular weight is 242 g/mol. The van der Waals surface area contributed by atoms with Gasteiger partial charge in [-0.2, -0.15) is 5.26 Å². The third-order valence-electron chi connectivity index (χ3n) is 2.58. The summed E-state index contributed by atoms with van der Waals surface area (Å²) in [5.41, 5.74) is 1.76. The predicted octanol–water partition coefficient (Wildman–Crippen LogP) is 1.20. The Morgan fingerprint density at radius 2 is 2.28 bits per heavy atom. The van der Waals surface area contributed by atoms with E-state index >= 15 is 0 Å². The van der Waals surface area contributed by atoms with Crippen LogP contribution in [0, 0.1) is 11.3 Å². The molecular formula is C12H14N6. The average Bonchev–Trinajstić information content (AvgIpc) is 2.88. The minimum atomic E-state index is 0.153.